The van der Waals surface area contributed by atoms with E-state index in [-0.39, 0.29) is 11.9 Å². The molecule has 1 aromatic carbocycles. The van der Waals surface area contributed by atoms with Crippen molar-refractivity contribution < 1.29 is 19.4 Å². The van der Waals surface area contributed by atoms with Gasteiger partial charge in [-0.1, -0.05) is 6.07 Å². The van der Waals surface area contributed by atoms with Crippen LogP contribution in [0.1, 0.15) is 12.8 Å². The van der Waals surface area contributed by atoms with Crippen molar-refractivity contribution in [2.24, 2.45) is 0 Å². The van der Waals surface area contributed by atoms with Crippen LogP contribution in [0.25, 0.3) is 0 Å². The van der Waals surface area contributed by atoms with Gasteiger partial charge in [0.25, 0.3) is 0 Å². The van der Waals surface area contributed by atoms with E-state index in [2.05, 4.69) is 10.6 Å². The van der Waals surface area contributed by atoms with E-state index in [0.717, 1.165) is 19.4 Å². The molecule has 102 valence electrons. The summed E-state index contributed by atoms with van der Waals surface area (Å²) in [5, 5.41) is 14.4. The lowest BCUT2D eigenvalue weighted by atomic mass is 10.2. The highest BCUT2D eigenvalue weighted by atomic mass is 16.5. The molecule has 6 heteroatoms. The molecule has 1 saturated heterocycles. The Morgan fingerprint density at radius 3 is 3.00 bits per heavy atom. The van der Waals surface area contributed by atoms with Gasteiger partial charge in [0.05, 0.1) is 6.04 Å². The van der Waals surface area contributed by atoms with E-state index >= 15 is 0 Å². The molecule has 6 nitrogen and oxygen atoms in total. The number of aliphatic carboxylic acids is 1. The van der Waals surface area contributed by atoms with Crippen LogP contribution in [0.3, 0.4) is 0 Å². The van der Waals surface area contributed by atoms with Crippen LogP contribution in [0.4, 0.5) is 5.69 Å². The van der Waals surface area contributed by atoms with Gasteiger partial charge in [-0.25, -0.2) is 4.79 Å². The van der Waals surface area contributed by atoms with E-state index in [0.29, 0.717) is 11.4 Å². The number of nitrogens with one attached hydrogen (secondary N) is 2. The van der Waals surface area contributed by atoms with Crippen molar-refractivity contribution in [3.05, 3.63) is 24.3 Å². The summed E-state index contributed by atoms with van der Waals surface area (Å²) in [4.78, 5) is 22.3. The Hall–Kier alpha value is -2.08. The van der Waals surface area contributed by atoms with Gasteiger partial charge in [-0.15, -0.1) is 0 Å². The number of carbonyl (C=O) groups excluding carboxylic acids is 1. The molecule has 1 heterocycles. The van der Waals surface area contributed by atoms with Gasteiger partial charge in [0.1, 0.15) is 5.75 Å². The Morgan fingerprint density at radius 2 is 2.32 bits per heavy atom. The molecule has 0 radical (unpaired) electrons. The lowest BCUT2D eigenvalue weighted by molar-refractivity contribution is -0.139. The number of carbonyl (C=O) groups is 2. The highest BCUT2D eigenvalue weighted by Gasteiger charge is 2.21. The Labute approximate surface area is 110 Å². The first kappa shape index (κ1) is 13.4. The molecule has 0 unspecified atom stereocenters. The standard InChI is InChI=1S/C13H16N2O4/c16-12(17)8-19-10-4-1-3-9(7-10)15-13(18)11-5-2-6-14-11/h1,3-4,7,11,14H,2,5-6,8H2,(H,15,18)(H,16,17)/t11-/m0/s1. The van der Waals surface area contributed by atoms with E-state index in [1.165, 1.54) is 0 Å². The molecule has 0 bridgehead atoms. The molecule has 1 aliphatic heterocycles. The van der Waals surface area contributed by atoms with Crippen LogP contribution >= 0.6 is 0 Å². The Kier molecular flexibility index (Phi) is 4.35. The fourth-order valence-corrected chi connectivity index (χ4v) is 1.95. The molecule has 0 aliphatic carbocycles. The molecule has 1 fully saturated rings. The minimum atomic E-state index is -1.04. The van der Waals surface area contributed by atoms with Gasteiger partial charge in [0.2, 0.25) is 5.91 Å². The molecule has 0 aromatic heterocycles. The van der Waals surface area contributed by atoms with Gasteiger partial charge < -0.3 is 20.5 Å². The number of carboxylic acid groups (broad SMARTS) is 1. The van der Waals surface area contributed by atoms with E-state index in [9.17, 15) is 9.59 Å². The molecule has 2 rings (SSSR count). The smallest absolute Gasteiger partial charge is 0.341 e. The van der Waals surface area contributed by atoms with E-state index in [1.54, 1.807) is 24.3 Å². The predicted molar refractivity (Wildman–Crippen MR) is 69.2 cm³/mol. The number of hydrogen-bond donors (Lipinski definition) is 3. The van der Waals surface area contributed by atoms with Crippen LogP contribution in [-0.2, 0) is 9.59 Å². The summed E-state index contributed by atoms with van der Waals surface area (Å²) < 4.78 is 5.05. The molecule has 1 atom stereocenters. The van der Waals surface area contributed by atoms with E-state index in [1.807, 2.05) is 0 Å². The number of amides is 1. The normalized spacial score (nSPS) is 18.0. The number of rotatable bonds is 5. The van der Waals surface area contributed by atoms with Crippen LogP contribution in [-0.4, -0.2) is 36.2 Å². The first-order chi connectivity index (χ1) is 9.15. The predicted octanol–water partition coefficient (Wildman–Crippen LogP) is 0.840. The summed E-state index contributed by atoms with van der Waals surface area (Å²) in [5.74, 6) is -0.697. The second-order valence-corrected chi connectivity index (χ2v) is 4.35. The molecular weight excluding hydrogens is 248 g/mol. The minimum Gasteiger partial charge on any atom is -0.482 e. The van der Waals surface area contributed by atoms with Crippen molar-refractivity contribution in [1.82, 2.24) is 5.32 Å². The number of anilines is 1. The number of hydrogen-bond acceptors (Lipinski definition) is 4. The third kappa shape index (κ3) is 3.96. The quantitative estimate of drug-likeness (QED) is 0.733. The SMILES string of the molecule is O=C(O)COc1cccc(NC(=O)[C@@H]2CCCN2)c1. The summed E-state index contributed by atoms with van der Waals surface area (Å²) in [7, 11) is 0. The largest absolute Gasteiger partial charge is 0.482 e. The molecule has 3 N–H and O–H groups in total. The minimum absolute atomic E-state index is 0.0760. The lowest BCUT2D eigenvalue weighted by Crippen LogP contribution is -2.35. The second-order valence-electron chi connectivity index (χ2n) is 4.35. The summed E-state index contributed by atoms with van der Waals surface area (Å²) in [5.41, 5.74) is 0.599. The average Bonchev–Trinajstić information content (AvgIpc) is 2.91. The van der Waals surface area contributed by atoms with Crippen molar-refractivity contribution in [3.63, 3.8) is 0 Å². The molecule has 0 spiro atoms. The summed E-state index contributed by atoms with van der Waals surface area (Å²) in [6, 6.07) is 6.54. The van der Waals surface area contributed by atoms with Crippen LogP contribution in [0.2, 0.25) is 0 Å². The first-order valence-electron chi connectivity index (χ1n) is 6.14. The maximum absolute atomic E-state index is 11.9. The van der Waals surface area contributed by atoms with Crippen molar-refractivity contribution in [2.45, 2.75) is 18.9 Å². The van der Waals surface area contributed by atoms with Crippen LogP contribution in [0.5, 0.6) is 5.75 Å². The zero-order valence-electron chi connectivity index (χ0n) is 10.4. The van der Waals surface area contributed by atoms with Gasteiger partial charge in [0.15, 0.2) is 6.61 Å². The monoisotopic (exact) mass is 264 g/mol. The number of benzene rings is 1. The summed E-state index contributed by atoms with van der Waals surface area (Å²) in [6.45, 7) is 0.460. The van der Waals surface area contributed by atoms with E-state index in [4.69, 9.17) is 9.84 Å². The van der Waals surface area contributed by atoms with Crippen LogP contribution in [0.15, 0.2) is 24.3 Å². The average molecular weight is 264 g/mol. The Bertz CT molecular complexity index is 469. The fraction of sp³-hybridized carbons (Fsp3) is 0.385. The zero-order chi connectivity index (χ0) is 13.7. The highest BCUT2D eigenvalue weighted by molar-refractivity contribution is 5.95. The fourth-order valence-electron chi connectivity index (χ4n) is 1.95. The van der Waals surface area contributed by atoms with E-state index < -0.39 is 12.6 Å². The third-order valence-corrected chi connectivity index (χ3v) is 2.84. The zero-order valence-corrected chi connectivity index (χ0v) is 10.4. The molecule has 1 aliphatic rings. The molecule has 19 heavy (non-hydrogen) atoms. The maximum atomic E-state index is 11.9. The molecule has 1 amide bonds. The summed E-state index contributed by atoms with van der Waals surface area (Å²) >= 11 is 0. The van der Waals surface area contributed by atoms with Gasteiger partial charge in [-0.3, -0.25) is 4.79 Å². The van der Waals surface area contributed by atoms with Crippen molar-refractivity contribution in [2.75, 3.05) is 18.5 Å². The topological polar surface area (TPSA) is 87.7 Å². The van der Waals surface area contributed by atoms with Crippen LogP contribution < -0.4 is 15.4 Å². The van der Waals surface area contributed by atoms with Gasteiger partial charge >= 0.3 is 5.97 Å². The van der Waals surface area contributed by atoms with Crippen molar-refractivity contribution >= 4 is 17.6 Å². The maximum Gasteiger partial charge on any atom is 0.341 e. The molecule has 1 aromatic rings. The lowest BCUT2D eigenvalue weighted by Gasteiger charge is -2.12. The van der Waals surface area contributed by atoms with Gasteiger partial charge in [0, 0.05) is 11.8 Å². The number of ether oxygens (including phenoxy) is 1. The van der Waals surface area contributed by atoms with Gasteiger partial charge in [-0.2, -0.15) is 0 Å². The summed E-state index contributed by atoms with van der Waals surface area (Å²) in [6.07, 6.45) is 1.83. The first-order valence-corrected chi connectivity index (χ1v) is 6.14. The van der Waals surface area contributed by atoms with Crippen molar-refractivity contribution in [1.29, 1.82) is 0 Å². The van der Waals surface area contributed by atoms with Gasteiger partial charge in [-0.05, 0) is 31.5 Å². The van der Waals surface area contributed by atoms with Crippen molar-refractivity contribution in [3.8, 4) is 5.75 Å². The third-order valence-electron chi connectivity index (χ3n) is 2.84. The molecular formula is C13H16N2O4. The Morgan fingerprint density at radius 1 is 1.47 bits per heavy atom. The Balaban J connectivity index is 1.94. The second kappa shape index (κ2) is 6.19. The highest BCUT2D eigenvalue weighted by Crippen LogP contribution is 2.18. The van der Waals surface area contributed by atoms with Crippen LogP contribution in [0, 0.1) is 0 Å². The number of carboxylic acids is 1. The molecule has 0 saturated carbocycles.